The second kappa shape index (κ2) is 3.53. The molecule has 18 heavy (non-hydrogen) atoms. The largest absolute Gasteiger partial charge is 0.508 e. The van der Waals surface area contributed by atoms with Gasteiger partial charge in [0.2, 0.25) is 0 Å². The second-order valence-electron chi connectivity index (χ2n) is 4.14. The zero-order valence-corrected chi connectivity index (χ0v) is 9.17. The van der Waals surface area contributed by atoms with Crippen LogP contribution in [0.25, 0.3) is 0 Å². The first kappa shape index (κ1) is 10.7. The fourth-order valence-electron chi connectivity index (χ4n) is 2.30. The van der Waals surface area contributed by atoms with Crippen molar-refractivity contribution in [2.24, 2.45) is 5.92 Å². The molecule has 0 atom stereocenters. The zero-order chi connectivity index (χ0) is 12.9. The molecule has 2 aliphatic rings. The van der Waals surface area contributed by atoms with Gasteiger partial charge in [0.25, 0.3) is 0 Å². The van der Waals surface area contributed by atoms with Crippen LogP contribution in [0.5, 0.6) is 0 Å². The molecule has 1 aliphatic heterocycles. The van der Waals surface area contributed by atoms with Crippen molar-refractivity contribution in [3.05, 3.63) is 46.7 Å². The topological polar surface area (TPSA) is 80.7 Å². The molecule has 5 nitrogen and oxygen atoms in total. The minimum absolute atomic E-state index is 0.221. The number of fused-ring (bicyclic) bond motifs is 1. The molecule has 90 valence electrons. The average Bonchev–Trinajstić information content (AvgIpc) is 2.81. The van der Waals surface area contributed by atoms with E-state index in [1.54, 1.807) is 12.1 Å². The summed E-state index contributed by atoms with van der Waals surface area (Å²) in [6, 6.07) is 6.36. The summed E-state index contributed by atoms with van der Waals surface area (Å²) in [5, 5.41) is 9.56. The van der Waals surface area contributed by atoms with E-state index in [2.05, 4.69) is 4.74 Å². The number of carbonyl (C=O) groups is 3. The molecule has 3 rings (SSSR count). The third-order valence-electron chi connectivity index (χ3n) is 3.14. The third-order valence-corrected chi connectivity index (χ3v) is 3.14. The summed E-state index contributed by atoms with van der Waals surface area (Å²) in [6.45, 7) is -0.276. The van der Waals surface area contributed by atoms with Crippen LogP contribution < -0.4 is 0 Å². The summed E-state index contributed by atoms with van der Waals surface area (Å²) in [6.07, 6.45) is 0. The van der Waals surface area contributed by atoms with Gasteiger partial charge in [-0.15, -0.1) is 0 Å². The van der Waals surface area contributed by atoms with Gasteiger partial charge in [-0.2, -0.15) is 0 Å². The fourth-order valence-corrected chi connectivity index (χ4v) is 2.30. The Morgan fingerprint density at radius 2 is 1.61 bits per heavy atom. The van der Waals surface area contributed by atoms with Crippen LogP contribution in [0.3, 0.4) is 0 Å². The first-order chi connectivity index (χ1) is 8.61. The Hall–Kier alpha value is -2.43. The van der Waals surface area contributed by atoms with Gasteiger partial charge in [-0.05, 0) is 0 Å². The maximum Gasteiger partial charge on any atom is 0.339 e. The lowest BCUT2D eigenvalue weighted by Crippen LogP contribution is -2.22. The van der Waals surface area contributed by atoms with Gasteiger partial charge in [-0.25, -0.2) is 4.79 Å². The van der Waals surface area contributed by atoms with Gasteiger partial charge in [0.05, 0.1) is 5.57 Å². The molecule has 0 bridgehead atoms. The van der Waals surface area contributed by atoms with Crippen LogP contribution in [0.2, 0.25) is 0 Å². The molecule has 0 saturated heterocycles. The molecule has 1 aromatic carbocycles. The van der Waals surface area contributed by atoms with Gasteiger partial charge in [0.1, 0.15) is 18.3 Å². The van der Waals surface area contributed by atoms with Crippen LogP contribution in [-0.2, 0) is 9.53 Å². The second-order valence-corrected chi connectivity index (χ2v) is 4.14. The number of carbonyl (C=O) groups excluding carboxylic acids is 3. The molecule has 0 saturated carbocycles. The number of esters is 1. The number of ether oxygens (including phenoxy) is 1. The molecule has 0 spiro atoms. The molecule has 0 amide bonds. The van der Waals surface area contributed by atoms with Crippen molar-refractivity contribution in [2.45, 2.75) is 0 Å². The van der Waals surface area contributed by atoms with E-state index in [-0.39, 0.29) is 29.1 Å². The number of cyclic esters (lactones) is 1. The molecule has 0 radical (unpaired) electrons. The number of benzene rings is 1. The molecule has 1 aromatic rings. The number of hydrogen-bond acceptors (Lipinski definition) is 5. The maximum atomic E-state index is 12.1. The minimum Gasteiger partial charge on any atom is -0.508 e. The van der Waals surface area contributed by atoms with Crippen LogP contribution in [0, 0.1) is 5.92 Å². The van der Waals surface area contributed by atoms with Crippen LogP contribution in [0.1, 0.15) is 20.7 Å². The normalized spacial score (nSPS) is 19.4. The highest BCUT2D eigenvalue weighted by Gasteiger charge is 2.46. The van der Waals surface area contributed by atoms with Crippen LogP contribution >= 0.6 is 0 Å². The van der Waals surface area contributed by atoms with E-state index in [4.69, 9.17) is 0 Å². The molecular weight excluding hydrogens is 236 g/mol. The third kappa shape index (κ3) is 1.24. The van der Waals surface area contributed by atoms with Crippen molar-refractivity contribution in [1.29, 1.82) is 0 Å². The van der Waals surface area contributed by atoms with Crippen molar-refractivity contribution in [2.75, 3.05) is 6.61 Å². The number of aliphatic hydroxyl groups is 1. The van der Waals surface area contributed by atoms with E-state index >= 15 is 0 Å². The highest BCUT2D eigenvalue weighted by Crippen LogP contribution is 2.34. The van der Waals surface area contributed by atoms with Crippen molar-refractivity contribution >= 4 is 17.5 Å². The van der Waals surface area contributed by atoms with E-state index in [0.717, 1.165) is 0 Å². The molecule has 0 unspecified atom stereocenters. The Morgan fingerprint density at radius 1 is 1.06 bits per heavy atom. The lowest BCUT2D eigenvalue weighted by atomic mass is 9.94. The SMILES string of the molecule is O=C1OCC(O)=C1C1C(=O)c2ccccc2C1=O. The Labute approximate surface area is 102 Å². The van der Waals surface area contributed by atoms with E-state index in [9.17, 15) is 19.5 Å². The summed E-state index contributed by atoms with van der Waals surface area (Å²) in [4.78, 5) is 35.7. The van der Waals surface area contributed by atoms with Crippen LogP contribution in [0.15, 0.2) is 35.6 Å². The smallest absolute Gasteiger partial charge is 0.339 e. The van der Waals surface area contributed by atoms with E-state index < -0.39 is 23.5 Å². The summed E-state index contributed by atoms with van der Waals surface area (Å²) in [7, 11) is 0. The predicted octanol–water partition coefficient (Wildman–Crippen LogP) is 1.05. The molecule has 5 heteroatoms. The molecular formula is C13H8O5. The lowest BCUT2D eigenvalue weighted by Gasteiger charge is -2.05. The van der Waals surface area contributed by atoms with Gasteiger partial charge in [0.15, 0.2) is 11.6 Å². The quantitative estimate of drug-likeness (QED) is 0.590. The van der Waals surface area contributed by atoms with E-state index in [1.807, 2.05) is 0 Å². The summed E-state index contributed by atoms with van der Waals surface area (Å²) >= 11 is 0. The first-order valence-electron chi connectivity index (χ1n) is 5.38. The van der Waals surface area contributed by atoms with Crippen LogP contribution in [-0.4, -0.2) is 29.2 Å². The molecule has 1 aliphatic carbocycles. The van der Waals surface area contributed by atoms with E-state index in [0.29, 0.717) is 0 Å². The number of hydrogen-bond donors (Lipinski definition) is 1. The molecule has 1 N–H and O–H groups in total. The highest BCUT2D eigenvalue weighted by atomic mass is 16.5. The standard InChI is InChI=1S/C13H8O5/c14-8-5-18-13(17)9(8)10-11(15)6-3-1-2-4-7(6)12(10)16/h1-4,10,14H,5H2. The Morgan fingerprint density at radius 3 is 2.06 bits per heavy atom. The Balaban J connectivity index is 2.13. The summed E-state index contributed by atoms with van der Waals surface area (Å²) in [5.74, 6) is -3.31. The number of ketones is 2. The summed E-state index contributed by atoms with van der Waals surface area (Å²) < 4.78 is 4.62. The van der Waals surface area contributed by atoms with Crippen molar-refractivity contribution in [1.82, 2.24) is 0 Å². The average molecular weight is 244 g/mol. The number of aliphatic hydroxyl groups excluding tert-OH is 1. The predicted molar refractivity (Wildman–Crippen MR) is 59.2 cm³/mol. The Bertz CT molecular complexity index is 591. The van der Waals surface area contributed by atoms with Gasteiger partial charge in [-0.1, -0.05) is 24.3 Å². The maximum absolute atomic E-state index is 12.1. The van der Waals surface area contributed by atoms with Crippen molar-refractivity contribution < 1.29 is 24.2 Å². The van der Waals surface area contributed by atoms with Crippen molar-refractivity contribution in [3.8, 4) is 0 Å². The summed E-state index contributed by atoms with van der Waals surface area (Å²) in [5.41, 5.74) is 0.348. The van der Waals surface area contributed by atoms with Gasteiger partial charge in [-0.3, -0.25) is 9.59 Å². The lowest BCUT2D eigenvalue weighted by molar-refractivity contribution is -0.136. The van der Waals surface area contributed by atoms with E-state index in [1.165, 1.54) is 12.1 Å². The van der Waals surface area contributed by atoms with Crippen molar-refractivity contribution in [3.63, 3.8) is 0 Å². The number of Topliss-reactive ketones (excluding diaryl/α,β-unsaturated/α-hetero) is 2. The van der Waals surface area contributed by atoms with Gasteiger partial charge in [0, 0.05) is 11.1 Å². The number of rotatable bonds is 1. The van der Waals surface area contributed by atoms with Crippen LogP contribution in [0.4, 0.5) is 0 Å². The zero-order valence-electron chi connectivity index (χ0n) is 9.17. The molecule has 1 heterocycles. The first-order valence-corrected chi connectivity index (χ1v) is 5.38. The van der Waals surface area contributed by atoms with Gasteiger partial charge < -0.3 is 9.84 Å². The Kier molecular flexibility index (Phi) is 2.10. The minimum atomic E-state index is -1.25. The molecule has 0 fully saturated rings. The fraction of sp³-hybridized carbons (Fsp3) is 0.154. The van der Waals surface area contributed by atoms with Gasteiger partial charge >= 0.3 is 5.97 Å². The molecule has 0 aromatic heterocycles. The highest BCUT2D eigenvalue weighted by molar-refractivity contribution is 6.30. The monoisotopic (exact) mass is 244 g/mol.